The average Bonchev–Trinajstić information content (AvgIpc) is 2.83. The van der Waals surface area contributed by atoms with Gasteiger partial charge in [0.25, 0.3) is 0 Å². The molecule has 0 aliphatic carbocycles. The van der Waals surface area contributed by atoms with Crippen molar-refractivity contribution in [3.63, 3.8) is 0 Å². The minimum absolute atomic E-state index is 0.254. The van der Waals surface area contributed by atoms with Gasteiger partial charge in [-0.1, -0.05) is 35.0 Å². The summed E-state index contributed by atoms with van der Waals surface area (Å²) in [7, 11) is 1.97. The maximum absolute atomic E-state index is 4.45. The van der Waals surface area contributed by atoms with Gasteiger partial charge in [-0.2, -0.15) is 0 Å². The van der Waals surface area contributed by atoms with Crippen LogP contribution in [-0.4, -0.2) is 22.0 Å². The maximum atomic E-state index is 4.45. The third-order valence-electron chi connectivity index (χ3n) is 3.88. The van der Waals surface area contributed by atoms with E-state index >= 15 is 0 Å². The first-order chi connectivity index (χ1) is 10.0. The van der Waals surface area contributed by atoms with Crippen molar-refractivity contribution in [2.75, 3.05) is 7.05 Å². The molecule has 1 heterocycles. The molecule has 21 heavy (non-hydrogen) atoms. The van der Waals surface area contributed by atoms with Gasteiger partial charge in [-0.25, -0.2) is 4.68 Å². The maximum Gasteiger partial charge on any atom is 0.103 e. The Morgan fingerprint density at radius 1 is 1.24 bits per heavy atom. The van der Waals surface area contributed by atoms with Crippen LogP contribution in [0.4, 0.5) is 0 Å². The van der Waals surface area contributed by atoms with E-state index < -0.39 is 0 Å². The largest absolute Gasteiger partial charge is 0.312 e. The van der Waals surface area contributed by atoms with Crippen LogP contribution in [0.15, 0.2) is 16.6 Å². The van der Waals surface area contributed by atoms with Gasteiger partial charge < -0.3 is 5.32 Å². The summed E-state index contributed by atoms with van der Waals surface area (Å²) in [6, 6.07) is 4.50. The first-order valence-corrected chi connectivity index (χ1v) is 8.21. The summed E-state index contributed by atoms with van der Waals surface area (Å²) in [5.74, 6) is 0. The highest BCUT2D eigenvalue weighted by Gasteiger charge is 2.20. The lowest BCUT2D eigenvalue weighted by atomic mass is 10.1. The monoisotopic (exact) mass is 350 g/mol. The van der Waals surface area contributed by atoms with E-state index in [1.54, 1.807) is 0 Å². The lowest BCUT2D eigenvalue weighted by Gasteiger charge is -2.15. The van der Waals surface area contributed by atoms with Gasteiger partial charge in [-0.15, -0.1) is 5.10 Å². The molecule has 1 N–H and O–H groups in total. The Labute approximate surface area is 135 Å². The molecule has 0 fully saturated rings. The Bertz CT molecular complexity index is 606. The Kier molecular flexibility index (Phi) is 5.17. The number of rotatable bonds is 5. The van der Waals surface area contributed by atoms with Crippen LogP contribution in [-0.2, 0) is 6.42 Å². The molecule has 0 aliphatic rings. The smallest absolute Gasteiger partial charge is 0.103 e. The summed E-state index contributed by atoms with van der Waals surface area (Å²) in [6.45, 7) is 8.55. The van der Waals surface area contributed by atoms with E-state index in [0.29, 0.717) is 0 Å². The highest BCUT2D eigenvalue weighted by atomic mass is 79.9. The Balaban J connectivity index is 2.61. The zero-order chi connectivity index (χ0) is 15.6. The van der Waals surface area contributed by atoms with E-state index in [1.807, 2.05) is 11.7 Å². The third kappa shape index (κ3) is 3.04. The molecular formula is C16H23BrN4. The second kappa shape index (κ2) is 6.71. The number of nitrogens with one attached hydrogen (secondary N) is 1. The van der Waals surface area contributed by atoms with Crippen LogP contribution in [0, 0.1) is 13.8 Å². The van der Waals surface area contributed by atoms with Crippen LogP contribution in [0.3, 0.4) is 0 Å². The van der Waals surface area contributed by atoms with Gasteiger partial charge in [0.05, 0.1) is 17.4 Å². The number of aryl methyl sites for hydroxylation is 2. The lowest BCUT2D eigenvalue weighted by molar-refractivity contribution is 0.555. The van der Waals surface area contributed by atoms with Crippen molar-refractivity contribution in [3.05, 3.63) is 39.1 Å². The minimum Gasteiger partial charge on any atom is -0.312 e. The summed E-state index contributed by atoms with van der Waals surface area (Å²) >= 11 is 3.55. The topological polar surface area (TPSA) is 42.7 Å². The number of benzene rings is 1. The van der Waals surface area contributed by atoms with Gasteiger partial charge in [-0.05, 0) is 57.0 Å². The molecule has 1 aromatic carbocycles. The fourth-order valence-corrected chi connectivity index (χ4v) is 3.55. The van der Waals surface area contributed by atoms with E-state index in [-0.39, 0.29) is 6.04 Å². The van der Waals surface area contributed by atoms with Gasteiger partial charge in [0.15, 0.2) is 0 Å². The molecule has 0 spiro atoms. The van der Waals surface area contributed by atoms with Crippen LogP contribution in [0.5, 0.6) is 0 Å². The highest BCUT2D eigenvalue weighted by molar-refractivity contribution is 9.10. The second-order valence-corrected chi connectivity index (χ2v) is 6.24. The van der Waals surface area contributed by atoms with Crippen LogP contribution < -0.4 is 5.32 Å². The Morgan fingerprint density at radius 3 is 2.33 bits per heavy atom. The first kappa shape index (κ1) is 16.2. The molecule has 1 aromatic heterocycles. The van der Waals surface area contributed by atoms with Crippen molar-refractivity contribution in [1.82, 2.24) is 20.3 Å². The van der Waals surface area contributed by atoms with Crippen LogP contribution in [0.1, 0.15) is 48.8 Å². The zero-order valence-corrected chi connectivity index (χ0v) is 15.0. The van der Waals surface area contributed by atoms with E-state index in [9.17, 15) is 0 Å². The van der Waals surface area contributed by atoms with Crippen LogP contribution >= 0.6 is 15.9 Å². The van der Waals surface area contributed by atoms with Gasteiger partial charge >= 0.3 is 0 Å². The Hall–Kier alpha value is -1.20. The molecular weight excluding hydrogens is 328 g/mol. The first-order valence-electron chi connectivity index (χ1n) is 7.42. The molecule has 1 atom stereocenters. The van der Waals surface area contributed by atoms with Gasteiger partial charge in [0.1, 0.15) is 5.69 Å². The highest BCUT2D eigenvalue weighted by Crippen LogP contribution is 2.27. The summed E-state index contributed by atoms with van der Waals surface area (Å²) < 4.78 is 3.10. The molecule has 0 amide bonds. The number of hydrogen-bond acceptors (Lipinski definition) is 3. The molecule has 0 radical (unpaired) electrons. The van der Waals surface area contributed by atoms with Crippen molar-refractivity contribution in [1.29, 1.82) is 0 Å². The zero-order valence-electron chi connectivity index (χ0n) is 13.4. The summed E-state index contributed by atoms with van der Waals surface area (Å²) in [5.41, 5.74) is 5.78. The van der Waals surface area contributed by atoms with Crippen LogP contribution in [0.25, 0.3) is 5.69 Å². The Morgan fingerprint density at radius 2 is 1.86 bits per heavy atom. The van der Waals surface area contributed by atoms with Crippen molar-refractivity contribution in [3.8, 4) is 5.69 Å². The third-order valence-corrected chi connectivity index (χ3v) is 4.34. The molecule has 5 heteroatoms. The van der Waals surface area contributed by atoms with Crippen molar-refractivity contribution < 1.29 is 0 Å². The predicted molar refractivity (Wildman–Crippen MR) is 90.0 cm³/mol. The molecule has 0 saturated heterocycles. The molecule has 0 saturated carbocycles. The van der Waals surface area contributed by atoms with Crippen molar-refractivity contribution in [2.24, 2.45) is 0 Å². The number of halogens is 1. The van der Waals surface area contributed by atoms with E-state index in [1.165, 1.54) is 16.8 Å². The number of aromatic nitrogens is 3. The van der Waals surface area contributed by atoms with Crippen LogP contribution in [0.2, 0.25) is 0 Å². The molecule has 1 unspecified atom stereocenters. The van der Waals surface area contributed by atoms with Gasteiger partial charge in [-0.3, -0.25) is 0 Å². The number of hydrogen-bond donors (Lipinski definition) is 1. The second-order valence-electron chi connectivity index (χ2n) is 5.32. The quantitative estimate of drug-likeness (QED) is 0.889. The van der Waals surface area contributed by atoms with Gasteiger partial charge in [0, 0.05) is 4.47 Å². The molecule has 0 aliphatic heterocycles. The molecule has 0 bridgehead atoms. The van der Waals surface area contributed by atoms with Crippen molar-refractivity contribution in [2.45, 2.75) is 46.6 Å². The van der Waals surface area contributed by atoms with E-state index in [4.69, 9.17) is 0 Å². The van der Waals surface area contributed by atoms with E-state index in [2.05, 4.69) is 71.4 Å². The van der Waals surface area contributed by atoms with E-state index in [0.717, 1.165) is 28.7 Å². The summed E-state index contributed by atoms with van der Waals surface area (Å²) in [4.78, 5) is 0. The fourth-order valence-electron chi connectivity index (χ4n) is 2.87. The summed E-state index contributed by atoms with van der Waals surface area (Å²) in [6.07, 6.45) is 1.91. The molecule has 2 rings (SSSR count). The SMILES string of the molecule is CCc1c(C(CC)NC)nnn1-c1c(C)cc(Br)cc1C. The standard InChI is InChI=1S/C16H23BrN4/c1-6-13(18-5)15-14(7-2)21(20-19-15)16-10(3)8-12(17)9-11(16)4/h8-9,13,18H,6-7H2,1-5H3. The van der Waals surface area contributed by atoms with Crippen molar-refractivity contribution >= 4 is 15.9 Å². The molecule has 4 nitrogen and oxygen atoms in total. The molecule has 2 aromatic rings. The number of nitrogens with zero attached hydrogens (tertiary/aromatic N) is 3. The fraction of sp³-hybridized carbons (Fsp3) is 0.500. The average molecular weight is 351 g/mol. The van der Waals surface area contributed by atoms with Gasteiger partial charge in [0.2, 0.25) is 0 Å². The minimum atomic E-state index is 0.254. The lowest BCUT2D eigenvalue weighted by Crippen LogP contribution is -2.18. The summed E-state index contributed by atoms with van der Waals surface area (Å²) in [5, 5.41) is 12.2. The normalized spacial score (nSPS) is 12.7. The predicted octanol–water partition coefficient (Wildman–Crippen LogP) is 3.88. The molecule has 114 valence electrons.